The molecule has 0 spiro atoms. The van der Waals surface area contributed by atoms with E-state index < -0.39 is 18.0 Å². The summed E-state index contributed by atoms with van der Waals surface area (Å²) in [4.78, 5) is 35.5. The minimum absolute atomic E-state index is 0.0710. The molecule has 0 aliphatic carbocycles. The third-order valence-corrected chi connectivity index (χ3v) is 8.29. The van der Waals surface area contributed by atoms with E-state index in [4.69, 9.17) is 0 Å². The van der Waals surface area contributed by atoms with Crippen molar-refractivity contribution < 1.29 is 19.8 Å². The van der Waals surface area contributed by atoms with Gasteiger partial charge in [0.15, 0.2) is 0 Å². The lowest BCUT2D eigenvalue weighted by Gasteiger charge is -2.23. The molecule has 3 N–H and O–H groups in total. The van der Waals surface area contributed by atoms with E-state index in [9.17, 15) is 19.8 Å². The topological polar surface area (TPSA) is 112 Å². The normalized spacial score (nSPS) is 16.8. The average Bonchev–Trinajstić information content (AvgIpc) is 3.58. The molecule has 3 aromatic rings. The molecule has 0 radical (unpaired) electrons. The summed E-state index contributed by atoms with van der Waals surface area (Å²) in [7, 11) is 0. The van der Waals surface area contributed by atoms with Crippen molar-refractivity contribution in [3.63, 3.8) is 0 Å². The molecule has 37 heavy (non-hydrogen) atoms. The quantitative estimate of drug-likeness (QED) is 0.362. The highest BCUT2D eigenvalue weighted by molar-refractivity contribution is 8.08. The maximum absolute atomic E-state index is 11.9. The van der Waals surface area contributed by atoms with Gasteiger partial charge in [0.25, 0.3) is 0 Å². The number of pyridine rings is 2. The number of aromatic carboxylic acids is 1. The van der Waals surface area contributed by atoms with Crippen molar-refractivity contribution in [2.24, 2.45) is 0 Å². The van der Waals surface area contributed by atoms with Gasteiger partial charge in [-0.1, -0.05) is 5.92 Å². The van der Waals surface area contributed by atoms with Gasteiger partial charge < -0.3 is 15.5 Å². The van der Waals surface area contributed by atoms with E-state index in [1.54, 1.807) is 17.5 Å². The number of carbonyl (C=O) groups is 2. The summed E-state index contributed by atoms with van der Waals surface area (Å²) in [6, 6.07) is 10.2. The Balaban J connectivity index is 1.47. The Kier molecular flexibility index (Phi) is 6.95. The molecule has 0 amide bonds. The maximum Gasteiger partial charge on any atom is 0.335 e. The molecule has 7 nitrogen and oxygen atoms in total. The summed E-state index contributed by atoms with van der Waals surface area (Å²) >= 11 is 3.52. The lowest BCUT2D eigenvalue weighted by molar-refractivity contribution is -0.132. The molecule has 1 unspecified atom stereocenters. The number of thioether (sulfide) groups is 1. The monoisotopic (exact) mass is 527 g/mol. The number of hydrogen-bond acceptors (Lipinski definition) is 7. The van der Waals surface area contributed by atoms with Gasteiger partial charge in [-0.25, -0.2) is 9.59 Å². The predicted molar refractivity (Wildman–Crippen MR) is 146 cm³/mol. The molecular formula is C28H21N3O4S2. The van der Waals surface area contributed by atoms with Crippen molar-refractivity contribution in [3.8, 4) is 22.3 Å². The molecule has 3 aromatic heterocycles. The molecule has 0 bridgehead atoms. The molecule has 9 heteroatoms. The summed E-state index contributed by atoms with van der Waals surface area (Å²) in [5, 5.41) is 22.3. The van der Waals surface area contributed by atoms with E-state index in [0.717, 1.165) is 22.6 Å². The number of dihydropyridines is 1. The fourth-order valence-electron chi connectivity index (χ4n) is 4.12. The van der Waals surface area contributed by atoms with Crippen LogP contribution in [0.5, 0.6) is 0 Å². The fourth-order valence-corrected chi connectivity index (χ4v) is 6.44. The zero-order valence-electron chi connectivity index (χ0n) is 19.7. The van der Waals surface area contributed by atoms with Crippen molar-refractivity contribution in [2.75, 3.05) is 5.75 Å². The number of nitrogens with zero attached hydrogens (tertiary/aromatic N) is 2. The Hall–Kier alpha value is -4.13. The second-order valence-corrected chi connectivity index (χ2v) is 10.4. The molecule has 2 aliphatic rings. The highest BCUT2D eigenvalue weighted by Gasteiger charge is 2.23. The van der Waals surface area contributed by atoms with E-state index in [0.29, 0.717) is 17.1 Å². The van der Waals surface area contributed by atoms with Crippen molar-refractivity contribution in [2.45, 2.75) is 19.4 Å². The number of thiophene rings is 1. The molecule has 1 atom stereocenters. The van der Waals surface area contributed by atoms with Gasteiger partial charge in [-0.15, -0.1) is 29.0 Å². The number of aromatic nitrogens is 2. The average molecular weight is 528 g/mol. The first-order valence-electron chi connectivity index (χ1n) is 11.4. The highest BCUT2D eigenvalue weighted by atomic mass is 32.2. The van der Waals surface area contributed by atoms with E-state index in [1.165, 1.54) is 45.8 Å². The molecule has 5 heterocycles. The molecule has 0 fully saturated rings. The molecule has 2 aliphatic heterocycles. The third-order valence-electron chi connectivity index (χ3n) is 5.85. The molecule has 0 saturated carbocycles. The van der Waals surface area contributed by atoms with Crippen LogP contribution in [0.2, 0.25) is 0 Å². The molecule has 0 aromatic carbocycles. The number of rotatable bonds is 6. The Morgan fingerprint density at radius 3 is 2.65 bits per heavy atom. The van der Waals surface area contributed by atoms with Crippen molar-refractivity contribution in [1.82, 2.24) is 15.3 Å². The minimum atomic E-state index is -1.09. The van der Waals surface area contributed by atoms with E-state index in [2.05, 4.69) is 39.3 Å². The van der Waals surface area contributed by atoms with Crippen LogP contribution in [-0.4, -0.2) is 37.9 Å². The van der Waals surface area contributed by atoms with Crippen molar-refractivity contribution >= 4 is 45.6 Å². The summed E-state index contributed by atoms with van der Waals surface area (Å²) in [5.74, 6) is 5.11. The second-order valence-electron chi connectivity index (χ2n) is 8.26. The van der Waals surface area contributed by atoms with Gasteiger partial charge in [-0.2, -0.15) is 0 Å². The SMILES string of the molecule is CC#CC1=C(c2ccc(-c3ccnc(C4=CC(C(=O)O)=CC(c5cc(C(=O)O)ccn5)N4)c3)s2)SCC1. The van der Waals surface area contributed by atoms with Gasteiger partial charge in [0.05, 0.1) is 34.3 Å². The smallest absolute Gasteiger partial charge is 0.335 e. The molecule has 184 valence electrons. The van der Waals surface area contributed by atoms with Crippen LogP contribution < -0.4 is 5.32 Å². The van der Waals surface area contributed by atoms with Gasteiger partial charge in [-0.3, -0.25) is 9.97 Å². The van der Waals surface area contributed by atoms with Gasteiger partial charge >= 0.3 is 11.9 Å². The lowest BCUT2D eigenvalue weighted by Crippen LogP contribution is -2.25. The lowest BCUT2D eigenvalue weighted by atomic mass is 10.00. The summed E-state index contributed by atoms with van der Waals surface area (Å²) in [5.41, 5.74) is 3.78. The number of nitrogens with one attached hydrogen (secondary N) is 1. The number of aliphatic carboxylic acids is 1. The molecule has 5 rings (SSSR count). The first-order chi connectivity index (χ1) is 17.9. The van der Waals surface area contributed by atoms with Crippen LogP contribution in [0.25, 0.3) is 21.0 Å². The standard InChI is InChI=1S/C28H21N3O4S2/c1-2-3-16-8-11-36-26(16)25-5-4-24(37-25)17-6-9-29-20(12-17)22-14-19(28(34)35)15-23(31-22)21-13-18(27(32)33)7-10-30-21/h4-7,9-10,12-15,23,31H,8,11H2,1H3,(H,32,33)(H,34,35). The largest absolute Gasteiger partial charge is 0.478 e. The van der Waals surface area contributed by atoms with Crippen LogP contribution in [-0.2, 0) is 4.79 Å². The van der Waals surface area contributed by atoms with Crippen molar-refractivity contribution in [3.05, 3.63) is 93.9 Å². The van der Waals surface area contributed by atoms with Crippen LogP contribution in [0.15, 0.2) is 72.1 Å². The summed E-state index contributed by atoms with van der Waals surface area (Å²) in [6.07, 6.45) is 7.12. The number of hydrogen-bond donors (Lipinski definition) is 3. The Morgan fingerprint density at radius 2 is 1.86 bits per heavy atom. The van der Waals surface area contributed by atoms with E-state index in [1.807, 2.05) is 30.8 Å². The van der Waals surface area contributed by atoms with Gasteiger partial charge in [-0.05, 0) is 67.5 Å². The minimum Gasteiger partial charge on any atom is -0.478 e. The number of carboxylic acid groups (broad SMARTS) is 2. The molecular weight excluding hydrogens is 506 g/mol. The van der Waals surface area contributed by atoms with Gasteiger partial charge in [0.2, 0.25) is 0 Å². The van der Waals surface area contributed by atoms with Crippen LogP contribution in [0.4, 0.5) is 0 Å². The Labute approximate surface area is 221 Å². The summed E-state index contributed by atoms with van der Waals surface area (Å²) < 4.78 is 0. The van der Waals surface area contributed by atoms with E-state index in [-0.39, 0.29) is 11.1 Å². The third kappa shape index (κ3) is 5.21. The Bertz CT molecular complexity index is 1570. The fraction of sp³-hybridized carbons (Fsp3) is 0.143. The zero-order valence-corrected chi connectivity index (χ0v) is 21.3. The van der Waals surface area contributed by atoms with Crippen LogP contribution >= 0.6 is 23.1 Å². The number of carboxylic acids is 2. The van der Waals surface area contributed by atoms with Gasteiger partial charge in [0.1, 0.15) is 0 Å². The highest BCUT2D eigenvalue weighted by Crippen LogP contribution is 2.43. The van der Waals surface area contributed by atoms with Crippen molar-refractivity contribution in [1.29, 1.82) is 0 Å². The van der Waals surface area contributed by atoms with Gasteiger partial charge in [0, 0.05) is 38.4 Å². The van der Waals surface area contributed by atoms with Crippen LogP contribution in [0, 0.1) is 11.8 Å². The predicted octanol–water partition coefficient (Wildman–Crippen LogP) is 5.47. The van der Waals surface area contributed by atoms with Crippen LogP contribution in [0.1, 0.15) is 46.0 Å². The van der Waals surface area contributed by atoms with E-state index >= 15 is 0 Å². The first kappa shape index (κ1) is 24.6. The first-order valence-corrected chi connectivity index (χ1v) is 13.2. The second kappa shape index (κ2) is 10.5. The number of allylic oxidation sites excluding steroid dienone is 1. The maximum atomic E-state index is 11.9. The van der Waals surface area contributed by atoms with Crippen LogP contribution in [0.3, 0.4) is 0 Å². The zero-order chi connectivity index (χ0) is 25.9. The molecule has 0 saturated heterocycles. The summed E-state index contributed by atoms with van der Waals surface area (Å²) in [6.45, 7) is 1.86. The Morgan fingerprint density at radius 1 is 1.05 bits per heavy atom.